The van der Waals surface area contributed by atoms with Crippen molar-refractivity contribution in [1.82, 2.24) is 4.98 Å². The second-order valence-electron chi connectivity index (χ2n) is 5.95. The predicted molar refractivity (Wildman–Crippen MR) is 97.7 cm³/mol. The van der Waals surface area contributed by atoms with E-state index in [0.29, 0.717) is 16.6 Å². The van der Waals surface area contributed by atoms with Gasteiger partial charge in [-0.05, 0) is 41.8 Å². The van der Waals surface area contributed by atoms with E-state index < -0.39 is 5.97 Å². The highest BCUT2D eigenvalue weighted by Crippen LogP contribution is 2.34. The summed E-state index contributed by atoms with van der Waals surface area (Å²) in [5, 5.41) is 20.2. The lowest BCUT2D eigenvalue weighted by molar-refractivity contribution is 0.0699. The third-order valence-electron chi connectivity index (χ3n) is 4.51. The molecule has 25 heavy (non-hydrogen) atoms. The minimum Gasteiger partial charge on any atom is -0.478 e. The number of carboxylic acid groups (broad SMARTS) is 1. The maximum atomic E-state index is 11.6. The molecule has 4 aromatic rings. The molecule has 2 N–H and O–H groups in total. The zero-order valence-corrected chi connectivity index (χ0v) is 13.4. The smallest absolute Gasteiger partial charge is 0.337 e. The summed E-state index contributed by atoms with van der Waals surface area (Å²) >= 11 is 0. The van der Waals surface area contributed by atoms with E-state index >= 15 is 0 Å². The summed E-state index contributed by atoms with van der Waals surface area (Å²) in [6.45, 7) is 1.92. The van der Waals surface area contributed by atoms with Crippen molar-refractivity contribution in [2.75, 3.05) is 0 Å². The molecule has 0 saturated carbocycles. The third-order valence-corrected chi connectivity index (χ3v) is 4.51. The summed E-state index contributed by atoms with van der Waals surface area (Å²) in [7, 11) is 0. The minimum absolute atomic E-state index is 0.112. The highest BCUT2D eigenvalue weighted by molar-refractivity contribution is 6.15. The van der Waals surface area contributed by atoms with Gasteiger partial charge in [-0.15, -0.1) is 0 Å². The first kappa shape index (κ1) is 13.8. The van der Waals surface area contributed by atoms with Crippen molar-refractivity contribution in [3.8, 4) is 17.2 Å². The first-order valence-electron chi connectivity index (χ1n) is 8.27. The summed E-state index contributed by atoms with van der Waals surface area (Å²) in [5.41, 5.74) is 4.44. The van der Waals surface area contributed by atoms with Gasteiger partial charge in [0.05, 0.1) is 28.2 Å². The van der Waals surface area contributed by atoms with Crippen LogP contribution in [0.3, 0.4) is 0 Å². The molecule has 0 amide bonds. The van der Waals surface area contributed by atoms with E-state index in [4.69, 9.17) is 6.67 Å². The number of aromatic amines is 1. The van der Waals surface area contributed by atoms with Crippen molar-refractivity contribution in [3.63, 3.8) is 0 Å². The Balaban J connectivity index is 2.09. The molecule has 1 heterocycles. The highest BCUT2D eigenvalue weighted by atomic mass is 16.4. The van der Waals surface area contributed by atoms with Crippen LogP contribution in [0.1, 0.15) is 21.5 Å². The number of aromatic nitrogens is 1. The van der Waals surface area contributed by atoms with Gasteiger partial charge in [0.15, 0.2) is 1.41 Å². The summed E-state index contributed by atoms with van der Waals surface area (Å²) < 4.78 is 8.53. The Bertz CT molecular complexity index is 1250. The number of aryl methyl sites for hydroxylation is 1. The fourth-order valence-electron chi connectivity index (χ4n) is 3.30. The van der Waals surface area contributed by atoms with Gasteiger partial charge in [-0.2, -0.15) is 5.26 Å². The lowest BCUT2D eigenvalue weighted by Crippen LogP contribution is -1.96. The Kier molecular flexibility index (Phi) is 3.04. The van der Waals surface area contributed by atoms with Crippen LogP contribution in [0, 0.1) is 18.3 Å². The van der Waals surface area contributed by atoms with Crippen LogP contribution in [0.4, 0.5) is 0 Å². The van der Waals surface area contributed by atoms with Crippen molar-refractivity contribution < 1.29 is 11.3 Å². The number of rotatable bonds is 2. The molecule has 4 heteroatoms. The van der Waals surface area contributed by atoms with E-state index in [1.54, 1.807) is 12.1 Å². The third kappa shape index (κ3) is 2.26. The number of aromatic carboxylic acids is 1. The number of carbonyl (C=O) groups is 1. The molecule has 0 unspecified atom stereocenters. The average molecular weight is 327 g/mol. The lowest BCUT2D eigenvalue weighted by Gasteiger charge is -2.08. The predicted octanol–water partition coefficient (Wildman–Crippen LogP) is 4.87. The SMILES string of the molecule is [2H]n1c2c(C(=O)O)cccc2c2ccc(-c3cccc(C#N)c3)c(C)c21. The molecule has 0 spiro atoms. The van der Waals surface area contributed by atoms with Crippen molar-refractivity contribution in [2.24, 2.45) is 0 Å². The Labute approximate surface area is 145 Å². The van der Waals surface area contributed by atoms with Gasteiger partial charge in [-0.3, -0.25) is 0 Å². The number of nitrogens with one attached hydrogen (secondary N) is 1. The van der Waals surface area contributed by atoms with Crippen molar-refractivity contribution in [3.05, 3.63) is 71.3 Å². The molecule has 4 nitrogen and oxygen atoms in total. The van der Waals surface area contributed by atoms with Gasteiger partial charge in [0, 0.05) is 10.8 Å². The maximum Gasteiger partial charge on any atom is 0.337 e. The van der Waals surface area contributed by atoms with Gasteiger partial charge < -0.3 is 10.1 Å². The molecule has 0 saturated heterocycles. The highest BCUT2D eigenvalue weighted by Gasteiger charge is 2.15. The van der Waals surface area contributed by atoms with Gasteiger partial charge in [0.25, 0.3) is 0 Å². The van der Waals surface area contributed by atoms with Crippen LogP contribution in [0.5, 0.6) is 0 Å². The molecular weight excluding hydrogens is 312 g/mol. The maximum absolute atomic E-state index is 11.6. The number of nitriles is 1. The van der Waals surface area contributed by atoms with Gasteiger partial charge >= 0.3 is 5.97 Å². The second-order valence-corrected chi connectivity index (χ2v) is 5.95. The average Bonchev–Trinajstić information content (AvgIpc) is 2.95. The summed E-state index contributed by atoms with van der Waals surface area (Å²) in [6, 6.07) is 18.4. The van der Waals surface area contributed by atoms with Crippen LogP contribution in [0.15, 0.2) is 54.6 Å². The van der Waals surface area contributed by atoms with E-state index in [1.807, 2.05) is 43.3 Å². The van der Waals surface area contributed by atoms with Crippen LogP contribution >= 0.6 is 0 Å². The number of benzene rings is 3. The van der Waals surface area contributed by atoms with E-state index in [0.717, 1.165) is 27.5 Å². The molecule has 1 aromatic heterocycles. The van der Waals surface area contributed by atoms with Crippen molar-refractivity contribution in [2.45, 2.75) is 6.92 Å². The molecule has 120 valence electrons. The zero-order valence-electron chi connectivity index (χ0n) is 14.4. The van der Waals surface area contributed by atoms with Crippen molar-refractivity contribution in [1.29, 1.82) is 5.26 Å². The van der Waals surface area contributed by atoms with Crippen molar-refractivity contribution >= 4 is 27.8 Å². The summed E-state index contributed by atoms with van der Waals surface area (Å²) in [4.78, 5) is 12.8. The van der Waals surface area contributed by atoms with Crippen LogP contribution in [-0.4, -0.2) is 16.1 Å². The molecule has 3 aromatic carbocycles. The molecule has 0 bridgehead atoms. The van der Waals surface area contributed by atoms with E-state index in [2.05, 4.69) is 6.07 Å². The number of nitrogens with zero attached hydrogens (tertiary/aromatic N) is 1. The fourth-order valence-corrected chi connectivity index (χ4v) is 3.30. The molecule has 4 rings (SSSR count). The quantitative estimate of drug-likeness (QED) is 0.551. The van der Waals surface area contributed by atoms with E-state index in [1.165, 1.54) is 11.0 Å². The van der Waals surface area contributed by atoms with Crippen LogP contribution in [-0.2, 0) is 0 Å². The largest absolute Gasteiger partial charge is 0.478 e. The number of fused-ring (bicyclic) bond motifs is 3. The zero-order chi connectivity index (χ0) is 18.4. The van der Waals surface area contributed by atoms with Gasteiger partial charge in [-0.1, -0.05) is 36.4 Å². The molecule has 0 aliphatic rings. The van der Waals surface area contributed by atoms with Gasteiger partial charge in [0.1, 0.15) is 0 Å². The Hall–Kier alpha value is -3.58. The molecule has 0 fully saturated rings. The number of hydrogen-bond donors (Lipinski definition) is 2. The van der Waals surface area contributed by atoms with Crippen LogP contribution in [0.25, 0.3) is 32.9 Å². The van der Waals surface area contributed by atoms with E-state index in [9.17, 15) is 9.90 Å². The Morgan fingerprint density at radius 3 is 2.64 bits per heavy atom. The monoisotopic (exact) mass is 327 g/mol. The Morgan fingerprint density at radius 1 is 1.12 bits per heavy atom. The standard InChI is InChI=1S/C21H14N2O2/c1-12-15(14-5-2-4-13(10-14)11-22)8-9-17-16-6-3-7-18(21(24)25)20(16)23-19(12)17/h2-10,23H,1H3,(H,24,25)/i/hD. The fraction of sp³-hybridized carbons (Fsp3) is 0.0476. The van der Waals surface area contributed by atoms with Gasteiger partial charge in [-0.25, -0.2) is 4.79 Å². The molecule has 0 aliphatic carbocycles. The van der Waals surface area contributed by atoms with E-state index in [-0.39, 0.29) is 5.56 Å². The normalized spacial score (nSPS) is 11.4. The lowest BCUT2D eigenvalue weighted by atomic mass is 9.96. The second kappa shape index (κ2) is 5.50. The van der Waals surface area contributed by atoms with Gasteiger partial charge in [0.2, 0.25) is 0 Å². The molecular formula is C21H14N2O2. The number of para-hydroxylation sites is 1. The molecule has 0 aliphatic heterocycles. The molecule has 0 radical (unpaired) electrons. The molecule has 0 atom stereocenters. The summed E-state index contributed by atoms with van der Waals surface area (Å²) in [6.07, 6.45) is 0. The first-order valence-corrected chi connectivity index (χ1v) is 7.82. The number of carboxylic acids is 1. The number of hydrogen-bond acceptors (Lipinski definition) is 2. The minimum atomic E-state index is -1.05. The van der Waals surface area contributed by atoms with Crippen LogP contribution in [0.2, 0.25) is 1.41 Å². The summed E-state index contributed by atoms with van der Waals surface area (Å²) in [5.74, 6) is -1.05. The number of H-pyrrole nitrogens is 1. The Morgan fingerprint density at radius 2 is 1.88 bits per heavy atom. The first-order chi connectivity index (χ1) is 12.5. The topological polar surface area (TPSA) is 76.9 Å². The van der Waals surface area contributed by atoms with Crippen LogP contribution < -0.4 is 0 Å².